The van der Waals surface area contributed by atoms with Crippen LogP contribution >= 0.6 is 0 Å². The van der Waals surface area contributed by atoms with Crippen LogP contribution in [-0.2, 0) is 21.1 Å². The minimum atomic E-state index is 0. The fourth-order valence-corrected chi connectivity index (χ4v) is 4.44. The van der Waals surface area contributed by atoms with Crippen LogP contribution in [0.25, 0.3) is 33.3 Å². The van der Waals surface area contributed by atoms with Gasteiger partial charge in [-0.05, 0) is 56.1 Å². The molecule has 0 unspecified atom stereocenters. The number of nitrogens with zero attached hydrogens (tertiary/aromatic N) is 4. The minimum Gasteiger partial charge on any atom is -0.509 e. The Morgan fingerprint density at radius 1 is 0.743 bits per heavy atom. The van der Waals surface area contributed by atoms with Gasteiger partial charge in [0.25, 0.3) is 0 Å². The Morgan fingerprint density at radius 3 is 2.34 bits per heavy atom. The quantitative estimate of drug-likeness (QED) is 0.203. The summed E-state index contributed by atoms with van der Waals surface area (Å²) in [5.74, 6) is 2.08. The standard InChI is InChI=1S/C29H22N4O.Pt/c1-19-8-6-13-29(30-19)32-27-12-5-4-11-25(27)26-15-14-24(18-28(26)32)34-23-10-7-9-22(17-23)33-21(3)16-20(2)31-33;/h4-16H,1-3H3;/q-2;+4. The number of pyridine rings is 1. The first kappa shape index (κ1) is 23.1. The molecule has 0 amide bonds. The third-order valence-electron chi connectivity index (χ3n) is 5.87. The molecule has 0 aliphatic rings. The molecular weight excluding hydrogens is 615 g/mol. The number of hydrogen-bond donors (Lipinski definition) is 0. The van der Waals surface area contributed by atoms with Gasteiger partial charge in [-0.3, -0.25) is 4.68 Å². The van der Waals surface area contributed by atoms with Gasteiger partial charge in [-0.15, -0.1) is 35.7 Å². The van der Waals surface area contributed by atoms with Gasteiger partial charge in [0.1, 0.15) is 5.82 Å². The van der Waals surface area contributed by atoms with Gasteiger partial charge in [0.15, 0.2) is 0 Å². The van der Waals surface area contributed by atoms with Crippen LogP contribution in [0.2, 0.25) is 0 Å². The van der Waals surface area contributed by atoms with Crippen molar-refractivity contribution in [3.63, 3.8) is 0 Å². The third kappa shape index (κ3) is 4.17. The van der Waals surface area contributed by atoms with E-state index < -0.39 is 0 Å². The summed E-state index contributed by atoms with van der Waals surface area (Å²) in [4.78, 5) is 4.77. The summed E-state index contributed by atoms with van der Waals surface area (Å²) in [6, 6.07) is 33.1. The number of rotatable bonds is 4. The Labute approximate surface area is 218 Å². The van der Waals surface area contributed by atoms with Crippen molar-refractivity contribution in [2.24, 2.45) is 0 Å². The molecule has 3 aromatic heterocycles. The predicted octanol–water partition coefficient (Wildman–Crippen LogP) is 6.68. The van der Waals surface area contributed by atoms with E-state index in [1.54, 1.807) is 0 Å². The number of para-hydroxylation sites is 1. The van der Waals surface area contributed by atoms with Crippen molar-refractivity contribution in [3.05, 3.63) is 108 Å². The van der Waals surface area contributed by atoms with Crippen molar-refractivity contribution in [1.29, 1.82) is 0 Å². The van der Waals surface area contributed by atoms with Gasteiger partial charge in [-0.2, -0.15) is 17.2 Å². The fourth-order valence-electron chi connectivity index (χ4n) is 4.44. The molecule has 5 nitrogen and oxygen atoms in total. The van der Waals surface area contributed by atoms with Crippen molar-refractivity contribution in [2.45, 2.75) is 20.8 Å². The van der Waals surface area contributed by atoms with Gasteiger partial charge >= 0.3 is 21.1 Å². The maximum absolute atomic E-state index is 6.22. The summed E-state index contributed by atoms with van der Waals surface area (Å²) in [6.07, 6.45) is 0. The molecule has 3 aromatic carbocycles. The molecule has 0 saturated heterocycles. The maximum Gasteiger partial charge on any atom is 4.00 e. The van der Waals surface area contributed by atoms with Crippen LogP contribution in [0.15, 0.2) is 78.9 Å². The molecule has 0 saturated carbocycles. The Morgan fingerprint density at radius 2 is 1.54 bits per heavy atom. The molecule has 6 aromatic rings. The molecule has 35 heavy (non-hydrogen) atoms. The first-order chi connectivity index (χ1) is 16.6. The normalized spacial score (nSPS) is 11.1. The van der Waals surface area contributed by atoms with Gasteiger partial charge < -0.3 is 9.30 Å². The summed E-state index contributed by atoms with van der Waals surface area (Å²) in [5, 5.41) is 6.82. The predicted molar refractivity (Wildman–Crippen MR) is 134 cm³/mol. The summed E-state index contributed by atoms with van der Waals surface area (Å²) in [7, 11) is 0. The third-order valence-corrected chi connectivity index (χ3v) is 5.87. The zero-order valence-corrected chi connectivity index (χ0v) is 21.8. The van der Waals surface area contributed by atoms with Gasteiger partial charge in [-0.1, -0.05) is 29.8 Å². The van der Waals surface area contributed by atoms with E-state index in [1.165, 1.54) is 0 Å². The molecule has 0 atom stereocenters. The van der Waals surface area contributed by atoms with Crippen LogP contribution in [0.3, 0.4) is 0 Å². The number of hydrogen-bond acceptors (Lipinski definition) is 3. The van der Waals surface area contributed by atoms with E-state index in [1.807, 2.05) is 80.1 Å². The van der Waals surface area contributed by atoms with Crippen molar-refractivity contribution in [3.8, 4) is 23.0 Å². The van der Waals surface area contributed by atoms with Gasteiger partial charge in [0.2, 0.25) is 0 Å². The van der Waals surface area contributed by atoms with E-state index in [0.717, 1.165) is 50.4 Å². The molecule has 0 N–H and O–H groups in total. The van der Waals surface area contributed by atoms with E-state index in [-0.39, 0.29) is 21.1 Å². The van der Waals surface area contributed by atoms with Crippen LogP contribution in [0.1, 0.15) is 17.1 Å². The monoisotopic (exact) mass is 637 g/mol. The molecule has 0 aliphatic heterocycles. The van der Waals surface area contributed by atoms with Gasteiger partial charge in [0, 0.05) is 28.4 Å². The van der Waals surface area contributed by atoms with Crippen molar-refractivity contribution < 1.29 is 25.8 Å². The first-order valence-electron chi connectivity index (χ1n) is 11.2. The van der Waals surface area contributed by atoms with Crippen molar-refractivity contribution in [2.75, 3.05) is 0 Å². The van der Waals surface area contributed by atoms with Crippen LogP contribution < -0.4 is 4.74 Å². The summed E-state index contributed by atoms with van der Waals surface area (Å²) in [6.45, 7) is 6.01. The SMILES string of the molecule is Cc1cccc(-n2c3[c-]c(Oc4[c-]c(-n5nc(C)cc5C)ccc4)ccc3c3ccccc32)n1.[Pt+4]. The molecule has 0 bridgehead atoms. The Balaban J connectivity index is 0.00000253. The van der Waals surface area contributed by atoms with E-state index >= 15 is 0 Å². The van der Waals surface area contributed by atoms with E-state index in [4.69, 9.17) is 9.72 Å². The molecule has 172 valence electrons. The molecule has 6 heteroatoms. The van der Waals surface area contributed by atoms with Gasteiger partial charge in [0.05, 0.1) is 5.69 Å². The topological polar surface area (TPSA) is 44.9 Å². The largest absolute Gasteiger partial charge is 4.00 e. The van der Waals surface area contributed by atoms with E-state index in [0.29, 0.717) is 11.5 Å². The van der Waals surface area contributed by atoms with E-state index in [9.17, 15) is 0 Å². The second kappa shape index (κ2) is 9.16. The molecule has 0 radical (unpaired) electrons. The molecule has 0 spiro atoms. The molecule has 0 aliphatic carbocycles. The fraction of sp³-hybridized carbons (Fsp3) is 0.103. The molecule has 6 rings (SSSR count). The van der Waals surface area contributed by atoms with Gasteiger partial charge in [-0.25, -0.2) is 4.98 Å². The zero-order chi connectivity index (χ0) is 23.2. The number of ether oxygens (including phenoxy) is 1. The number of aryl methyl sites for hydroxylation is 3. The van der Waals surface area contributed by atoms with Crippen LogP contribution in [0.5, 0.6) is 11.5 Å². The smallest absolute Gasteiger partial charge is 0.509 e. The molecule has 3 heterocycles. The Bertz CT molecular complexity index is 1680. The number of aromatic nitrogens is 4. The van der Waals surface area contributed by atoms with Crippen LogP contribution in [-0.4, -0.2) is 19.3 Å². The second-order valence-electron chi connectivity index (χ2n) is 8.42. The number of fused-ring (bicyclic) bond motifs is 3. The minimum absolute atomic E-state index is 0. The Kier molecular flexibility index (Phi) is 6.04. The maximum atomic E-state index is 6.22. The second-order valence-corrected chi connectivity index (χ2v) is 8.42. The summed E-state index contributed by atoms with van der Waals surface area (Å²) in [5.41, 5.74) is 5.82. The zero-order valence-electron chi connectivity index (χ0n) is 19.5. The first-order valence-corrected chi connectivity index (χ1v) is 11.2. The summed E-state index contributed by atoms with van der Waals surface area (Å²) >= 11 is 0. The van der Waals surface area contributed by atoms with Crippen LogP contribution in [0.4, 0.5) is 0 Å². The average molecular weight is 638 g/mol. The average Bonchev–Trinajstić information content (AvgIpc) is 3.35. The Hall–Kier alpha value is -3.69. The van der Waals surface area contributed by atoms with Crippen molar-refractivity contribution in [1.82, 2.24) is 19.3 Å². The number of benzene rings is 3. The van der Waals surface area contributed by atoms with E-state index in [2.05, 4.69) is 46.1 Å². The molecule has 0 fully saturated rings. The van der Waals surface area contributed by atoms with Crippen LogP contribution in [0, 0.1) is 32.9 Å². The van der Waals surface area contributed by atoms with Crippen molar-refractivity contribution >= 4 is 21.8 Å². The summed E-state index contributed by atoms with van der Waals surface area (Å²) < 4.78 is 10.2. The molecular formula is C29H22N4OPt+2.